The van der Waals surface area contributed by atoms with E-state index in [-0.39, 0.29) is 4.90 Å². The Morgan fingerprint density at radius 3 is 2.67 bits per heavy atom. The Labute approximate surface area is 208 Å². The van der Waals surface area contributed by atoms with Crippen molar-refractivity contribution in [1.82, 2.24) is 24.2 Å². The van der Waals surface area contributed by atoms with Crippen LogP contribution < -0.4 is 15.5 Å². The molecular formula is C26H25N7O2S. The summed E-state index contributed by atoms with van der Waals surface area (Å²) < 4.78 is 28.5. The fourth-order valence-electron chi connectivity index (χ4n) is 4.63. The van der Waals surface area contributed by atoms with Crippen molar-refractivity contribution in [3.8, 4) is 0 Å². The zero-order valence-corrected chi connectivity index (χ0v) is 20.5. The summed E-state index contributed by atoms with van der Waals surface area (Å²) in [5, 5.41) is 7.99. The predicted molar refractivity (Wildman–Crippen MR) is 141 cm³/mol. The average molecular weight is 500 g/mol. The lowest BCUT2D eigenvalue weighted by Gasteiger charge is -2.36. The molecule has 4 heterocycles. The first-order chi connectivity index (χ1) is 17.5. The van der Waals surface area contributed by atoms with Gasteiger partial charge < -0.3 is 15.5 Å². The van der Waals surface area contributed by atoms with Gasteiger partial charge in [-0.3, -0.25) is 4.98 Å². The van der Waals surface area contributed by atoms with E-state index < -0.39 is 10.0 Å². The molecule has 5 aromatic rings. The first-order valence-electron chi connectivity index (χ1n) is 11.8. The maximum absolute atomic E-state index is 13.6. The fraction of sp³-hybridized carbons (Fsp3) is 0.192. The lowest BCUT2D eigenvalue weighted by atomic mass is 10.1. The Morgan fingerprint density at radius 1 is 1.00 bits per heavy atom. The second kappa shape index (κ2) is 8.89. The van der Waals surface area contributed by atoms with E-state index in [1.807, 2.05) is 24.3 Å². The molecule has 0 amide bonds. The fourth-order valence-corrected chi connectivity index (χ4v) is 6.10. The number of pyridine rings is 1. The van der Waals surface area contributed by atoms with E-state index in [1.165, 1.54) is 10.2 Å². The Balaban J connectivity index is 1.32. The normalized spacial score (nSPS) is 16.5. The maximum atomic E-state index is 13.6. The van der Waals surface area contributed by atoms with Crippen LogP contribution in [0.1, 0.15) is 6.92 Å². The first-order valence-corrected chi connectivity index (χ1v) is 13.2. The van der Waals surface area contributed by atoms with Gasteiger partial charge in [0.05, 0.1) is 5.52 Å². The molecule has 10 heteroatoms. The van der Waals surface area contributed by atoms with Crippen LogP contribution in [0, 0.1) is 0 Å². The summed E-state index contributed by atoms with van der Waals surface area (Å²) in [6.07, 6.45) is 4.71. The van der Waals surface area contributed by atoms with Crippen LogP contribution in [0.5, 0.6) is 0 Å². The van der Waals surface area contributed by atoms with Crippen molar-refractivity contribution in [3.63, 3.8) is 0 Å². The number of nitrogens with one attached hydrogen (secondary N) is 2. The molecular weight excluding hydrogens is 474 g/mol. The van der Waals surface area contributed by atoms with Gasteiger partial charge in [0, 0.05) is 66.4 Å². The van der Waals surface area contributed by atoms with Crippen molar-refractivity contribution in [1.29, 1.82) is 0 Å². The van der Waals surface area contributed by atoms with Gasteiger partial charge in [0.15, 0.2) is 5.65 Å². The molecule has 3 aromatic heterocycles. The molecule has 1 aliphatic heterocycles. The summed E-state index contributed by atoms with van der Waals surface area (Å²) in [6, 6.07) is 19.0. The van der Waals surface area contributed by atoms with Gasteiger partial charge in [0.2, 0.25) is 5.95 Å². The SMILES string of the molecule is C[C@@H]1CNCCN1c1ccc(Nc2ncc3ccn(S(=O)(=O)c4cccc5cccnc45)c3n2)cc1. The summed E-state index contributed by atoms with van der Waals surface area (Å²) >= 11 is 0. The van der Waals surface area contributed by atoms with E-state index in [9.17, 15) is 8.42 Å². The number of anilines is 3. The second-order valence-corrected chi connectivity index (χ2v) is 10.6. The van der Waals surface area contributed by atoms with E-state index >= 15 is 0 Å². The van der Waals surface area contributed by atoms with Crippen LogP contribution >= 0.6 is 0 Å². The summed E-state index contributed by atoms with van der Waals surface area (Å²) in [7, 11) is -3.94. The first kappa shape index (κ1) is 22.4. The van der Waals surface area contributed by atoms with Crippen molar-refractivity contribution < 1.29 is 8.42 Å². The minimum atomic E-state index is -3.94. The van der Waals surface area contributed by atoms with Gasteiger partial charge in [0.25, 0.3) is 10.0 Å². The third-order valence-electron chi connectivity index (χ3n) is 6.48. The Morgan fingerprint density at radius 2 is 1.83 bits per heavy atom. The van der Waals surface area contributed by atoms with Crippen molar-refractivity contribution in [2.75, 3.05) is 29.9 Å². The van der Waals surface area contributed by atoms with E-state index in [0.29, 0.717) is 28.5 Å². The van der Waals surface area contributed by atoms with Crippen molar-refractivity contribution in [3.05, 3.63) is 79.3 Å². The average Bonchev–Trinajstić information content (AvgIpc) is 3.33. The van der Waals surface area contributed by atoms with Crippen LogP contribution in [0.2, 0.25) is 0 Å². The number of benzene rings is 2. The molecule has 1 aliphatic rings. The molecule has 1 saturated heterocycles. The van der Waals surface area contributed by atoms with Gasteiger partial charge in [-0.05, 0) is 49.4 Å². The number of para-hydroxylation sites is 1. The van der Waals surface area contributed by atoms with Gasteiger partial charge in [-0.2, -0.15) is 4.98 Å². The van der Waals surface area contributed by atoms with Gasteiger partial charge in [-0.25, -0.2) is 17.4 Å². The third kappa shape index (κ3) is 3.94. The minimum Gasteiger partial charge on any atom is -0.366 e. The molecule has 0 spiro atoms. The van der Waals surface area contributed by atoms with Gasteiger partial charge in [0.1, 0.15) is 4.90 Å². The molecule has 1 fully saturated rings. The molecule has 1 atom stereocenters. The highest BCUT2D eigenvalue weighted by Crippen LogP contribution is 2.27. The summed E-state index contributed by atoms with van der Waals surface area (Å²) in [4.78, 5) is 15.8. The zero-order chi connectivity index (χ0) is 24.7. The summed E-state index contributed by atoms with van der Waals surface area (Å²) in [5.41, 5.74) is 2.70. The molecule has 36 heavy (non-hydrogen) atoms. The monoisotopic (exact) mass is 499 g/mol. The summed E-state index contributed by atoms with van der Waals surface area (Å²) in [5.74, 6) is 0.317. The number of hydrogen-bond donors (Lipinski definition) is 2. The number of aromatic nitrogens is 4. The van der Waals surface area contributed by atoms with E-state index in [0.717, 1.165) is 36.4 Å². The number of fused-ring (bicyclic) bond motifs is 2. The quantitative estimate of drug-likeness (QED) is 0.377. The molecule has 2 N–H and O–H groups in total. The number of nitrogens with zero attached hydrogens (tertiary/aromatic N) is 5. The topological polar surface area (TPSA) is 105 Å². The maximum Gasteiger partial charge on any atom is 0.271 e. The van der Waals surface area contributed by atoms with Crippen LogP contribution in [0.4, 0.5) is 17.3 Å². The molecule has 0 unspecified atom stereocenters. The Kier molecular flexibility index (Phi) is 5.54. The minimum absolute atomic E-state index is 0.129. The van der Waals surface area contributed by atoms with Crippen LogP contribution in [0.25, 0.3) is 21.9 Å². The second-order valence-electron chi connectivity index (χ2n) is 8.84. The van der Waals surface area contributed by atoms with Crippen LogP contribution in [0.15, 0.2) is 84.1 Å². The lowest BCUT2D eigenvalue weighted by molar-refractivity contribution is 0.501. The largest absolute Gasteiger partial charge is 0.366 e. The highest BCUT2D eigenvalue weighted by atomic mass is 32.2. The molecule has 2 aromatic carbocycles. The number of hydrogen-bond acceptors (Lipinski definition) is 8. The van der Waals surface area contributed by atoms with E-state index in [4.69, 9.17) is 0 Å². The van der Waals surface area contributed by atoms with Crippen LogP contribution in [-0.2, 0) is 10.0 Å². The highest BCUT2D eigenvalue weighted by molar-refractivity contribution is 7.90. The van der Waals surface area contributed by atoms with Crippen LogP contribution in [-0.4, -0.2) is 53.0 Å². The van der Waals surface area contributed by atoms with Gasteiger partial charge in [-0.15, -0.1) is 0 Å². The van der Waals surface area contributed by atoms with Gasteiger partial charge in [-0.1, -0.05) is 18.2 Å². The molecule has 0 bridgehead atoms. The van der Waals surface area contributed by atoms with Crippen molar-refractivity contribution in [2.24, 2.45) is 0 Å². The van der Waals surface area contributed by atoms with Crippen LogP contribution in [0.3, 0.4) is 0 Å². The van der Waals surface area contributed by atoms with Crippen molar-refractivity contribution >= 4 is 49.3 Å². The molecule has 6 rings (SSSR count). The zero-order valence-electron chi connectivity index (χ0n) is 19.7. The third-order valence-corrected chi connectivity index (χ3v) is 8.18. The van der Waals surface area contributed by atoms with E-state index in [1.54, 1.807) is 36.7 Å². The summed E-state index contributed by atoms with van der Waals surface area (Å²) in [6.45, 7) is 5.10. The highest BCUT2D eigenvalue weighted by Gasteiger charge is 2.23. The smallest absolute Gasteiger partial charge is 0.271 e. The van der Waals surface area contributed by atoms with E-state index in [2.05, 4.69) is 49.5 Å². The number of piperazine rings is 1. The predicted octanol–water partition coefficient (Wildman–Crippen LogP) is 3.76. The molecule has 0 saturated carbocycles. The van der Waals surface area contributed by atoms with Gasteiger partial charge >= 0.3 is 0 Å². The Bertz CT molecular complexity index is 1660. The molecule has 182 valence electrons. The molecule has 0 radical (unpaired) electrons. The standard InChI is InChI=1S/C26H25N7O2S/c1-18-16-27-13-15-32(18)22-9-7-21(8-10-22)30-26-29-17-20-11-14-33(25(20)31-26)36(34,35)23-6-2-4-19-5-3-12-28-24(19)23/h2-12,14,17-18,27H,13,15-16H2,1H3,(H,29,30,31)/t18-/m1/s1. The lowest BCUT2D eigenvalue weighted by Crippen LogP contribution is -2.49. The Hall–Kier alpha value is -4.02. The molecule has 9 nitrogen and oxygen atoms in total. The van der Waals surface area contributed by atoms with Crippen molar-refractivity contribution in [2.45, 2.75) is 17.9 Å². The molecule has 0 aliphatic carbocycles. The number of rotatable bonds is 5.